The van der Waals surface area contributed by atoms with E-state index in [1.165, 1.54) is 0 Å². The molecule has 4 heterocycles. The summed E-state index contributed by atoms with van der Waals surface area (Å²) in [5.41, 5.74) is 2.56. The Labute approximate surface area is 169 Å². The minimum atomic E-state index is -4.54. The highest BCUT2D eigenvalue weighted by Crippen LogP contribution is 2.38. The number of anilines is 4. The Kier molecular flexibility index (Phi) is 4.28. The molecular weight excluding hydrogens is 425 g/mol. The van der Waals surface area contributed by atoms with E-state index in [-0.39, 0.29) is 11.1 Å². The smallest absolute Gasteiger partial charge is 0.339 e. The molecule has 0 saturated carbocycles. The number of aromatic amines is 1. The molecule has 0 atom stereocenters. The summed E-state index contributed by atoms with van der Waals surface area (Å²) < 4.78 is 38.2. The summed E-state index contributed by atoms with van der Waals surface area (Å²) >= 11 is 2.04. The fraction of sp³-hybridized carbons (Fsp3) is 0.188. The molecule has 0 saturated heterocycles. The maximum atomic E-state index is 12.7. The molecule has 3 aromatic heterocycles. The molecule has 4 aromatic rings. The van der Waals surface area contributed by atoms with Gasteiger partial charge in [0.2, 0.25) is 16.1 Å². The predicted octanol–water partition coefficient (Wildman–Crippen LogP) is 4.36. The van der Waals surface area contributed by atoms with Crippen LogP contribution in [0.4, 0.5) is 35.8 Å². The first-order valence-electron chi connectivity index (χ1n) is 8.37. The lowest BCUT2D eigenvalue weighted by Gasteiger charge is -2.12. The Balaban J connectivity index is 1.46. The monoisotopic (exact) mass is 436 g/mol. The Hall–Kier alpha value is -2.93. The van der Waals surface area contributed by atoms with Crippen LogP contribution in [0.5, 0.6) is 0 Å². The van der Waals surface area contributed by atoms with Crippen molar-refractivity contribution < 1.29 is 13.2 Å². The van der Waals surface area contributed by atoms with Crippen molar-refractivity contribution >= 4 is 56.6 Å². The molecule has 148 valence electrons. The van der Waals surface area contributed by atoms with Crippen LogP contribution in [0.25, 0.3) is 10.9 Å². The van der Waals surface area contributed by atoms with E-state index in [1.54, 1.807) is 18.0 Å². The van der Waals surface area contributed by atoms with Crippen molar-refractivity contribution in [3.05, 3.63) is 35.1 Å². The van der Waals surface area contributed by atoms with Gasteiger partial charge in [0.05, 0.1) is 22.3 Å². The number of hydrogen-bond donors (Lipinski definition) is 3. The van der Waals surface area contributed by atoms with Crippen LogP contribution in [0, 0.1) is 0 Å². The third-order valence-electron chi connectivity index (χ3n) is 4.11. The van der Waals surface area contributed by atoms with Crippen molar-refractivity contribution in [1.29, 1.82) is 0 Å². The number of aromatic nitrogens is 6. The number of thioether (sulfide) groups is 1. The van der Waals surface area contributed by atoms with Crippen LogP contribution in [0.3, 0.4) is 0 Å². The number of hydrogen-bond acceptors (Lipinski definition) is 9. The highest BCUT2D eigenvalue weighted by atomic mass is 32.2. The van der Waals surface area contributed by atoms with Crippen molar-refractivity contribution in [2.45, 2.75) is 17.5 Å². The maximum Gasteiger partial charge on any atom is 0.445 e. The van der Waals surface area contributed by atoms with Crippen LogP contribution in [0.15, 0.2) is 29.3 Å². The molecule has 0 spiro atoms. The normalized spacial score (nSPS) is 13.6. The Morgan fingerprint density at radius 1 is 1.10 bits per heavy atom. The second-order valence-corrected chi connectivity index (χ2v) is 8.18. The van der Waals surface area contributed by atoms with Gasteiger partial charge in [-0.3, -0.25) is 10.4 Å². The summed E-state index contributed by atoms with van der Waals surface area (Å²) in [4.78, 5) is 9.80. The van der Waals surface area contributed by atoms with Crippen LogP contribution in [-0.4, -0.2) is 36.1 Å². The molecule has 8 nitrogen and oxygen atoms in total. The largest absolute Gasteiger partial charge is 0.445 e. The van der Waals surface area contributed by atoms with Crippen molar-refractivity contribution in [3.8, 4) is 0 Å². The molecule has 3 N–H and O–H groups in total. The lowest BCUT2D eigenvalue weighted by molar-refractivity contribution is -0.138. The van der Waals surface area contributed by atoms with Crippen LogP contribution < -0.4 is 10.6 Å². The Morgan fingerprint density at radius 2 is 2.00 bits per heavy atom. The first-order chi connectivity index (χ1) is 14.0. The number of rotatable bonds is 4. The van der Waals surface area contributed by atoms with E-state index in [4.69, 9.17) is 0 Å². The quantitative estimate of drug-likeness (QED) is 0.434. The molecule has 29 heavy (non-hydrogen) atoms. The zero-order valence-corrected chi connectivity index (χ0v) is 16.0. The molecular formula is C16H11F3N8S2. The Morgan fingerprint density at radius 3 is 2.83 bits per heavy atom. The number of H-pyrrole nitrogens is 1. The molecule has 0 aliphatic carbocycles. The van der Waals surface area contributed by atoms with E-state index in [2.05, 4.69) is 41.0 Å². The molecule has 0 amide bonds. The minimum absolute atomic E-state index is 0.0197. The van der Waals surface area contributed by atoms with Gasteiger partial charge in [-0.15, -0.1) is 22.0 Å². The lowest BCUT2D eigenvalue weighted by Crippen LogP contribution is -2.04. The Bertz CT molecular complexity index is 1200. The molecule has 13 heteroatoms. The SMILES string of the molecule is FC(F)(F)c1nnc(Nc2nc3c(c(Nc4ccc5[nH]ncc5c4)n2)SCC3)s1. The number of benzene rings is 1. The maximum absolute atomic E-state index is 12.7. The topological polar surface area (TPSA) is 104 Å². The number of aryl methyl sites for hydroxylation is 1. The number of fused-ring (bicyclic) bond motifs is 2. The van der Waals surface area contributed by atoms with Gasteiger partial charge >= 0.3 is 6.18 Å². The van der Waals surface area contributed by atoms with E-state index in [0.29, 0.717) is 17.2 Å². The number of nitrogens with zero attached hydrogens (tertiary/aromatic N) is 5. The summed E-state index contributed by atoms with van der Waals surface area (Å²) in [7, 11) is 0. The lowest BCUT2D eigenvalue weighted by atomic mass is 10.2. The second kappa shape index (κ2) is 6.84. The summed E-state index contributed by atoms with van der Waals surface area (Å²) in [5.74, 6) is 1.62. The molecule has 0 radical (unpaired) electrons. The van der Waals surface area contributed by atoms with Crippen LogP contribution in [0.1, 0.15) is 10.7 Å². The van der Waals surface area contributed by atoms with E-state index >= 15 is 0 Å². The molecule has 0 bridgehead atoms. The second-order valence-electron chi connectivity index (χ2n) is 6.10. The van der Waals surface area contributed by atoms with Gasteiger partial charge in [0.1, 0.15) is 5.82 Å². The van der Waals surface area contributed by atoms with Gasteiger partial charge in [0.25, 0.3) is 0 Å². The van der Waals surface area contributed by atoms with E-state index in [9.17, 15) is 13.2 Å². The van der Waals surface area contributed by atoms with E-state index in [1.807, 2.05) is 18.2 Å². The number of alkyl halides is 3. The van der Waals surface area contributed by atoms with E-state index in [0.717, 1.165) is 39.4 Å². The van der Waals surface area contributed by atoms with Gasteiger partial charge in [0, 0.05) is 23.2 Å². The van der Waals surface area contributed by atoms with Crippen molar-refractivity contribution in [3.63, 3.8) is 0 Å². The van der Waals surface area contributed by atoms with Crippen molar-refractivity contribution in [2.24, 2.45) is 0 Å². The highest BCUT2D eigenvalue weighted by Gasteiger charge is 2.35. The summed E-state index contributed by atoms with van der Waals surface area (Å²) in [6, 6.07) is 5.72. The van der Waals surface area contributed by atoms with Gasteiger partial charge in [-0.1, -0.05) is 11.3 Å². The standard InChI is InChI=1S/C16H11F3N8S2/c17-16(18,19)13-26-27-15(29-13)24-14-22-10-3-4-28-11(10)12(23-14)21-8-1-2-9-7(5-8)6-20-25-9/h1-2,5-6H,3-4H2,(H,20,25)(H2,21,22,23,24,27). The molecule has 1 aliphatic heterocycles. The first-order valence-corrected chi connectivity index (χ1v) is 10.2. The average molecular weight is 436 g/mol. The van der Waals surface area contributed by atoms with Crippen LogP contribution in [-0.2, 0) is 12.6 Å². The molecule has 0 fully saturated rings. The average Bonchev–Trinajstić information content (AvgIpc) is 3.41. The zero-order chi connectivity index (χ0) is 20.0. The molecule has 5 rings (SSSR count). The number of nitrogens with one attached hydrogen (secondary N) is 3. The summed E-state index contributed by atoms with van der Waals surface area (Å²) in [6.45, 7) is 0. The third-order valence-corrected chi connectivity index (χ3v) is 6.12. The fourth-order valence-electron chi connectivity index (χ4n) is 2.85. The van der Waals surface area contributed by atoms with Gasteiger partial charge < -0.3 is 5.32 Å². The van der Waals surface area contributed by atoms with Crippen LogP contribution >= 0.6 is 23.1 Å². The van der Waals surface area contributed by atoms with Crippen LogP contribution in [0.2, 0.25) is 0 Å². The molecule has 1 aromatic carbocycles. The fourth-order valence-corrected chi connectivity index (χ4v) is 4.50. The van der Waals surface area contributed by atoms with Crippen molar-refractivity contribution in [2.75, 3.05) is 16.4 Å². The third kappa shape index (κ3) is 3.58. The molecule has 0 unspecified atom stereocenters. The van der Waals surface area contributed by atoms with Gasteiger partial charge in [-0.2, -0.15) is 23.3 Å². The zero-order valence-electron chi connectivity index (χ0n) is 14.4. The van der Waals surface area contributed by atoms with Crippen molar-refractivity contribution in [1.82, 2.24) is 30.4 Å². The summed E-state index contributed by atoms with van der Waals surface area (Å²) in [5, 5.41) is 19.5. The molecule has 1 aliphatic rings. The predicted molar refractivity (Wildman–Crippen MR) is 104 cm³/mol. The number of halogens is 3. The summed E-state index contributed by atoms with van der Waals surface area (Å²) in [6.07, 6.45) is -2.07. The highest BCUT2D eigenvalue weighted by molar-refractivity contribution is 7.99. The van der Waals surface area contributed by atoms with E-state index < -0.39 is 11.2 Å². The first kappa shape index (κ1) is 18.1. The van der Waals surface area contributed by atoms with Gasteiger partial charge in [-0.05, 0) is 18.2 Å². The van der Waals surface area contributed by atoms with Gasteiger partial charge in [-0.25, -0.2) is 4.98 Å². The minimum Gasteiger partial charge on any atom is -0.339 e. The van der Waals surface area contributed by atoms with Gasteiger partial charge in [0.15, 0.2) is 0 Å².